The third kappa shape index (κ3) is 5.21. The van der Waals surface area contributed by atoms with Gasteiger partial charge in [-0.3, -0.25) is 4.79 Å². The minimum Gasteiger partial charge on any atom is -0.350 e. The summed E-state index contributed by atoms with van der Waals surface area (Å²) in [5.41, 5.74) is 8.45. The van der Waals surface area contributed by atoms with Crippen LogP contribution >= 0.6 is 24.8 Å². The zero-order chi connectivity index (χ0) is 17.0. The maximum Gasteiger partial charge on any atom is 0.253 e. The lowest BCUT2D eigenvalue weighted by Crippen LogP contribution is -2.49. The molecule has 2 aromatic heterocycles. The van der Waals surface area contributed by atoms with E-state index in [1.807, 2.05) is 56.5 Å². The Labute approximate surface area is 162 Å². The monoisotopic (exact) mass is 386 g/mol. The number of carbonyl (C=O) groups is 1. The van der Waals surface area contributed by atoms with Gasteiger partial charge in [0.2, 0.25) is 0 Å². The normalized spacial score (nSPS) is 10.6. The number of halogens is 2. The van der Waals surface area contributed by atoms with Gasteiger partial charge in [0.1, 0.15) is 5.82 Å². The van der Waals surface area contributed by atoms with Crippen molar-refractivity contribution in [2.24, 2.45) is 5.73 Å². The van der Waals surface area contributed by atoms with Crippen LogP contribution in [0, 0.1) is 13.8 Å². The van der Waals surface area contributed by atoms with Gasteiger partial charge < -0.3 is 15.6 Å². The number of nitrogens with one attached hydrogen (secondary N) is 1. The van der Waals surface area contributed by atoms with E-state index in [9.17, 15) is 4.79 Å². The third-order valence-electron chi connectivity index (χ3n) is 4.56. The Bertz CT molecular complexity index is 682. The summed E-state index contributed by atoms with van der Waals surface area (Å²) in [4.78, 5) is 16.9. The molecule has 7 heteroatoms. The average molecular weight is 387 g/mol. The molecule has 2 rings (SSSR count). The first-order valence-electron chi connectivity index (χ1n) is 8.09. The number of pyridine rings is 1. The van der Waals surface area contributed by atoms with Crippen LogP contribution in [0.25, 0.3) is 5.82 Å². The Morgan fingerprint density at radius 3 is 2.40 bits per heavy atom. The predicted octanol–water partition coefficient (Wildman–Crippen LogP) is 3.58. The summed E-state index contributed by atoms with van der Waals surface area (Å²) in [5.74, 6) is 0.730. The largest absolute Gasteiger partial charge is 0.350 e. The Morgan fingerprint density at radius 2 is 1.88 bits per heavy atom. The van der Waals surface area contributed by atoms with Crippen molar-refractivity contribution in [3.8, 4) is 5.82 Å². The lowest BCUT2D eigenvalue weighted by atomic mass is 9.94. The molecule has 1 amide bonds. The summed E-state index contributed by atoms with van der Waals surface area (Å²) in [6.07, 6.45) is 3.41. The fraction of sp³-hybridized carbons (Fsp3) is 0.444. The molecule has 0 aliphatic heterocycles. The van der Waals surface area contributed by atoms with Crippen LogP contribution in [0.5, 0.6) is 0 Å². The Hall–Kier alpha value is -1.56. The highest BCUT2D eigenvalue weighted by Crippen LogP contribution is 2.19. The van der Waals surface area contributed by atoms with Crippen molar-refractivity contribution in [1.82, 2.24) is 14.9 Å². The van der Waals surface area contributed by atoms with Crippen molar-refractivity contribution in [2.45, 2.75) is 46.1 Å². The fourth-order valence-corrected chi connectivity index (χ4v) is 2.68. The summed E-state index contributed by atoms with van der Waals surface area (Å²) in [6, 6.07) is 7.64. The van der Waals surface area contributed by atoms with Crippen LogP contribution in [0.3, 0.4) is 0 Å². The highest BCUT2D eigenvalue weighted by Gasteiger charge is 2.23. The molecule has 0 aromatic carbocycles. The van der Waals surface area contributed by atoms with Gasteiger partial charge in [-0.15, -0.1) is 24.8 Å². The minimum atomic E-state index is -0.345. The van der Waals surface area contributed by atoms with Gasteiger partial charge in [-0.2, -0.15) is 0 Å². The molecule has 0 saturated carbocycles. The van der Waals surface area contributed by atoms with E-state index >= 15 is 0 Å². The molecular formula is C18H28Cl2N4O. The Kier molecular flexibility index (Phi) is 9.19. The number of amides is 1. The topological polar surface area (TPSA) is 72.9 Å². The molecule has 0 atom stereocenters. The number of nitrogens with zero attached hydrogens (tertiary/aromatic N) is 2. The predicted molar refractivity (Wildman–Crippen MR) is 107 cm³/mol. The molecule has 140 valence electrons. The molecule has 0 aliphatic rings. The number of rotatable bonds is 6. The molecule has 2 aromatic rings. The molecule has 5 nitrogen and oxygen atoms in total. The number of nitrogens with two attached hydrogens (primary N) is 1. The van der Waals surface area contributed by atoms with Gasteiger partial charge in [-0.1, -0.05) is 19.9 Å². The second-order valence-corrected chi connectivity index (χ2v) is 6.06. The first kappa shape index (κ1) is 23.4. The summed E-state index contributed by atoms with van der Waals surface area (Å²) in [6.45, 7) is 8.48. The number of hydrogen-bond donors (Lipinski definition) is 2. The van der Waals surface area contributed by atoms with Crippen molar-refractivity contribution in [3.63, 3.8) is 0 Å². The highest BCUT2D eigenvalue weighted by molar-refractivity contribution is 5.96. The third-order valence-corrected chi connectivity index (χ3v) is 4.56. The molecule has 2 heterocycles. The van der Waals surface area contributed by atoms with Crippen molar-refractivity contribution in [2.75, 3.05) is 6.54 Å². The molecule has 25 heavy (non-hydrogen) atoms. The number of aryl methyl sites for hydroxylation is 1. The number of carbonyl (C=O) groups excluding carboxylic acids is 1. The Morgan fingerprint density at radius 1 is 1.24 bits per heavy atom. The zero-order valence-electron chi connectivity index (χ0n) is 15.2. The van der Waals surface area contributed by atoms with Crippen LogP contribution in [-0.4, -0.2) is 27.5 Å². The van der Waals surface area contributed by atoms with E-state index < -0.39 is 0 Å². The van der Waals surface area contributed by atoms with Crippen molar-refractivity contribution in [3.05, 3.63) is 47.4 Å². The molecule has 0 saturated heterocycles. The molecule has 0 aliphatic carbocycles. The van der Waals surface area contributed by atoms with Crippen LogP contribution in [0.2, 0.25) is 0 Å². The second-order valence-electron chi connectivity index (χ2n) is 6.06. The molecule has 0 radical (unpaired) electrons. The van der Waals surface area contributed by atoms with E-state index in [1.54, 1.807) is 6.20 Å². The van der Waals surface area contributed by atoms with Gasteiger partial charge in [0.25, 0.3) is 5.91 Å². The van der Waals surface area contributed by atoms with Crippen molar-refractivity contribution < 1.29 is 4.79 Å². The molecule has 3 N–H and O–H groups in total. The lowest BCUT2D eigenvalue weighted by Gasteiger charge is -2.26. The first-order chi connectivity index (χ1) is 10.9. The average Bonchev–Trinajstić information content (AvgIpc) is 2.87. The van der Waals surface area contributed by atoms with E-state index in [0.29, 0.717) is 12.1 Å². The van der Waals surface area contributed by atoms with Gasteiger partial charge in [0.15, 0.2) is 0 Å². The zero-order valence-corrected chi connectivity index (χ0v) is 16.8. The maximum atomic E-state index is 12.5. The van der Waals surface area contributed by atoms with Gasteiger partial charge in [0.05, 0.1) is 5.56 Å². The van der Waals surface area contributed by atoms with Crippen LogP contribution in [0.15, 0.2) is 30.5 Å². The summed E-state index contributed by atoms with van der Waals surface area (Å²) in [5, 5.41) is 2.98. The number of hydrogen-bond acceptors (Lipinski definition) is 3. The highest BCUT2D eigenvalue weighted by atomic mass is 35.5. The number of aromatic nitrogens is 2. The van der Waals surface area contributed by atoms with E-state index in [2.05, 4.69) is 10.3 Å². The van der Waals surface area contributed by atoms with Crippen LogP contribution in [-0.2, 0) is 0 Å². The SMILES string of the molecule is CCC(N)(CC)CNC(=O)c1cc(C)n(-c2ccccn2)c1C.Cl.Cl. The van der Waals surface area contributed by atoms with Gasteiger partial charge in [-0.25, -0.2) is 4.98 Å². The first-order valence-corrected chi connectivity index (χ1v) is 8.09. The smallest absolute Gasteiger partial charge is 0.253 e. The lowest BCUT2D eigenvalue weighted by molar-refractivity contribution is 0.0941. The second kappa shape index (κ2) is 9.80. The van der Waals surface area contributed by atoms with E-state index in [4.69, 9.17) is 5.73 Å². The van der Waals surface area contributed by atoms with Gasteiger partial charge >= 0.3 is 0 Å². The summed E-state index contributed by atoms with van der Waals surface area (Å²) >= 11 is 0. The molecular weight excluding hydrogens is 359 g/mol. The van der Waals surface area contributed by atoms with Crippen molar-refractivity contribution in [1.29, 1.82) is 0 Å². The van der Waals surface area contributed by atoms with Crippen LogP contribution < -0.4 is 11.1 Å². The van der Waals surface area contributed by atoms with Gasteiger partial charge in [0, 0.05) is 29.7 Å². The Balaban J connectivity index is 0.00000288. The maximum absolute atomic E-state index is 12.5. The van der Waals surface area contributed by atoms with Crippen LogP contribution in [0.4, 0.5) is 0 Å². The van der Waals surface area contributed by atoms with E-state index in [0.717, 1.165) is 30.0 Å². The molecule has 0 bridgehead atoms. The summed E-state index contributed by atoms with van der Waals surface area (Å²) < 4.78 is 1.99. The quantitative estimate of drug-likeness (QED) is 0.796. The van der Waals surface area contributed by atoms with E-state index in [1.165, 1.54) is 0 Å². The fourth-order valence-electron chi connectivity index (χ4n) is 2.68. The van der Waals surface area contributed by atoms with Crippen molar-refractivity contribution >= 4 is 30.7 Å². The minimum absolute atomic E-state index is 0. The molecule has 0 spiro atoms. The summed E-state index contributed by atoms with van der Waals surface area (Å²) in [7, 11) is 0. The molecule has 0 unspecified atom stereocenters. The van der Waals surface area contributed by atoms with Gasteiger partial charge in [-0.05, 0) is 44.9 Å². The van der Waals surface area contributed by atoms with Crippen LogP contribution in [0.1, 0.15) is 48.4 Å². The molecule has 0 fully saturated rings. The van der Waals surface area contributed by atoms with E-state index in [-0.39, 0.29) is 36.3 Å². The standard InChI is InChI=1S/C18H26N4O.2ClH/c1-5-18(19,6-2)12-21-17(23)15-11-13(3)22(14(15)4)16-9-7-8-10-20-16;;/h7-11H,5-6,12,19H2,1-4H3,(H,21,23);2*1H.